The summed E-state index contributed by atoms with van der Waals surface area (Å²) >= 11 is -2.28. The molecule has 2 aromatic carbocycles. The van der Waals surface area contributed by atoms with Crippen molar-refractivity contribution in [3.8, 4) is 0 Å². The van der Waals surface area contributed by atoms with E-state index in [0.29, 0.717) is 0 Å². The SMILES string of the molecule is CCC[CH2][Ge]([CH2]CCC)[CH2]CCC.[Cl][Ge]([c]1ccccc1)[c]1ccccc1. The van der Waals surface area contributed by atoms with Crippen LogP contribution in [0.15, 0.2) is 60.7 Å². The summed E-state index contributed by atoms with van der Waals surface area (Å²) in [5.41, 5.74) is 0. The predicted octanol–water partition coefficient (Wildman–Crippen LogP) is 6.91. The fraction of sp³-hybridized carbons (Fsp3) is 0.500. The van der Waals surface area contributed by atoms with Gasteiger partial charge in [-0.2, -0.15) is 0 Å². The van der Waals surface area contributed by atoms with Crippen LogP contribution in [0.1, 0.15) is 59.3 Å². The molecule has 2 radical (unpaired) electrons. The van der Waals surface area contributed by atoms with Gasteiger partial charge < -0.3 is 0 Å². The Balaban J connectivity index is 0.000000271. The fourth-order valence-electron chi connectivity index (χ4n) is 2.99. The van der Waals surface area contributed by atoms with Gasteiger partial charge in [0.25, 0.3) is 0 Å². The van der Waals surface area contributed by atoms with Crippen LogP contribution in [0.3, 0.4) is 0 Å². The van der Waals surface area contributed by atoms with Crippen molar-refractivity contribution >= 4 is 46.6 Å². The topological polar surface area (TPSA) is 0 Å². The summed E-state index contributed by atoms with van der Waals surface area (Å²) in [6.07, 6.45) is 8.78. The second-order valence-electron chi connectivity index (χ2n) is 7.11. The second kappa shape index (κ2) is 16.7. The third kappa shape index (κ3) is 11.4. The molecule has 0 saturated heterocycles. The molecule has 0 aliphatic heterocycles. The first kappa shape index (κ1) is 24.9. The molecule has 0 unspecified atom stereocenters. The van der Waals surface area contributed by atoms with Gasteiger partial charge in [0.05, 0.1) is 0 Å². The maximum absolute atomic E-state index is 6.50. The van der Waals surface area contributed by atoms with Crippen molar-refractivity contribution in [3.05, 3.63) is 60.7 Å². The van der Waals surface area contributed by atoms with Gasteiger partial charge >= 0.3 is 182 Å². The molecule has 27 heavy (non-hydrogen) atoms. The zero-order valence-electron chi connectivity index (χ0n) is 17.5. The molecule has 2 rings (SSSR count). The molecule has 148 valence electrons. The average molecular weight is 506 g/mol. The van der Waals surface area contributed by atoms with Crippen molar-refractivity contribution in [3.63, 3.8) is 0 Å². The molecule has 0 nitrogen and oxygen atoms in total. The second-order valence-corrected chi connectivity index (χ2v) is 19.1. The normalized spacial score (nSPS) is 10.7. The first-order valence-electron chi connectivity index (χ1n) is 10.7. The summed E-state index contributed by atoms with van der Waals surface area (Å²) in [6.45, 7) is 6.99. The number of halogens is 1. The van der Waals surface area contributed by atoms with Crippen molar-refractivity contribution in [2.45, 2.75) is 75.1 Å². The molecular weight excluding hydrogens is 469 g/mol. The Kier molecular flexibility index (Phi) is 15.4. The van der Waals surface area contributed by atoms with Gasteiger partial charge in [-0.1, -0.05) is 0 Å². The Morgan fingerprint density at radius 3 is 1.22 bits per heavy atom. The van der Waals surface area contributed by atoms with E-state index in [9.17, 15) is 0 Å². The minimum atomic E-state index is -1.73. The molecule has 0 saturated carbocycles. The quantitative estimate of drug-likeness (QED) is 0.291. The average Bonchev–Trinajstić information content (AvgIpc) is 2.74. The fourth-order valence-corrected chi connectivity index (χ4v) is 14.0. The van der Waals surface area contributed by atoms with Gasteiger partial charge in [-0.15, -0.1) is 0 Å². The number of benzene rings is 2. The Labute approximate surface area is 181 Å². The van der Waals surface area contributed by atoms with Gasteiger partial charge in [-0.3, -0.25) is 0 Å². The molecule has 0 N–H and O–H groups in total. The van der Waals surface area contributed by atoms with E-state index in [1.165, 1.54) is 47.3 Å². The molecule has 0 amide bonds. The van der Waals surface area contributed by atoms with Crippen LogP contribution in [0.5, 0.6) is 0 Å². The van der Waals surface area contributed by atoms with E-state index >= 15 is 0 Å². The van der Waals surface area contributed by atoms with Crippen LogP contribution in [-0.4, -0.2) is 27.8 Å². The van der Waals surface area contributed by atoms with Crippen LogP contribution in [0.4, 0.5) is 0 Å². The molecule has 0 spiro atoms. The number of rotatable bonds is 11. The Morgan fingerprint density at radius 1 is 0.593 bits per heavy atom. The van der Waals surface area contributed by atoms with Crippen molar-refractivity contribution in [2.24, 2.45) is 0 Å². The third-order valence-corrected chi connectivity index (χ3v) is 17.2. The Bertz CT molecular complexity index is 501. The molecule has 0 aromatic heterocycles. The van der Waals surface area contributed by atoms with Crippen LogP contribution in [-0.2, 0) is 0 Å². The molecule has 2 aromatic rings. The summed E-state index contributed by atoms with van der Waals surface area (Å²) in [4.78, 5) is 0. The van der Waals surface area contributed by atoms with E-state index < -0.39 is 27.8 Å². The predicted molar refractivity (Wildman–Crippen MR) is 129 cm³/mol. The summed E-state index contributed by atoms with van der Waals surface area (Å²) < 4.78 is 2.61. The molecule has 0 atom stereocenters. The Morgan fingerprint density at radius 2 is 0.926 bits per heavy atom. The number of unbranched alkanes of at least 4 members (excludes halogenated alkanes) is 3. The maximum atomic E-state index is 6.50. The van der Waals surface area contributed by atoms with Crippen LogP contribution >= 0.6 is 10.0 Å². The third-order valence-electron chi connectivity index (χ3n) is 4.71. The van der Waals surface area contributed by atoms with Gasteiger partial charge in [-0.25, -0.2) is 0 Å². The first-order valence-corrected chi connectivity index (χ1v) is 20.0. The van der Waals surface area contributed by atoms with Gasteiger partial charge in [0.1, 0.15) is 0 Å². The number of hydrogen-bond donors (Lipinski definition) is 0. The molecule has 0 bridgehead atoms. The van der Waals surface area contributed by atoms with Gasteiger partial charge in [0.2, 0.25) is 0 Å². The van der Waals surface area contributed by atoms with Crippen molar-refractivity contribution in [2.75, 3.05) is 0 Å². The summed E-state index contributed by atoms with van der Waals surface area (Å²) in [7, 11) is 6.50. The van der Waals surface area contributed by atoms with E-state index in [-0.39, 0.29) is 0 Å². The minimum absolute atomic E-state index is 0.552. The summed E-state index contributed by atoms with van der Waals surface area (Å²) in [5.74, 6) is 0. The van der Waals surface area contributed by atoms with E-state index in [4.69, 9.17) is 10.0 Å². The molecule has 0 aliphatic carbocycles. The first-order chi connectivity index (χ1) is 13.2. The van der Waals surface area contributed by atoms with Gasteiger partial charge in [-0.05, 0) is 0 Å². The van der Waals surface area contributed by atoms with E-state index in [1.807, 2.05) is 36.4 Å². The molecule has 0 aliphatic rings. The van der Waals surface area contributed by atoms with Gasteiger partial charge in [0.15, 0.2) is 0 Å². The molecule has 0 heterocycles. The van der Waals surface area contributed by atoms with Crippen molar-refractivity contribution < 1.29 is 0 Å². The molecular formula is C24H37ClGe2. The summed E-state index contributed by atoms with van der Waals surface area (Å²) in [5, 5.41) is 4.95. The van der Waals surface area contributed by atoms with Crippen LogP contribution < -0.4 is 8.79 Å². The van der Waals surface area contributed by atoms with Crippen molar-refractivity contribution in [1.82, 2.24) is 0 Å². The van der Waals surface area contributed by atoms with Crippen LogP contribution in [0.25, 0.3) is 0 Å². The Hall–Kier alpha value is -0.184. The van der Waals surface area contributed by atoms with Gasteiger partial charge in [0, 0.05) is 0 Å². The standard InChI is InChI=1S/C12H10ClGe.C12H27Ge/c13-14(11-7-3-1-4-8-11)12-9-5-2-6-10-12;1-4-7-10-13(11-8-5-2)12-9-6-3/h1-10H;4-12H2,1-3H3. The molecule has 0 fully saturated rings. The number of hydrogen-bond acceptors (Lipinski definition) is 0. The van der Waals surface area contributed by atoms with E-state index in [0.717, 1.165) is 0 Å². The van der Waals surface area contributed by atoms with E-state index in [2.05, 4.69) is 45.0 Å². The monoisotopic (exact) mass is 508 g/mol. The van der Waals surface area contributed by atoms with Crippen molar-refractivity contribution in [1.29, 1.82) is 0 Å². The summed E-state index contributed by atoms with van der Waals surface area (Å²) in [6, 6.07) is 20.7. The zero-order chi connectivity index (χ0) is 19.7. The zero-order valence-corrected chi connectivity index (χ0v) is 22.5. The molecule has 3 heteroatoms. The van der Waals surface area contributed by atoms with E-state index in [1.54, 1.807) is 15.8 Å². The van der Waals surface area contributed by atoms with Crippen LogP contribution in [0, 0.1) is 0 Å². The van der Waals surface area contributed by atoms with Crippen LogP contribution in [0.2, 0.25) is 15.8 Å².